The van der Waals surface area contributed by atoms with Gasteiger partial charge in [0.25, 0.3) is 11.8 Å². The SMILES string of the molecule is Cc1ccc(C2=C(Nc3cc(Cl)ccc3C)C(=O)N(c3ccc(F)cc3)C2=O)cc1C. The quantitative estimate of drug-likeness (QED) is 0.528. The standard InChI is InChI=1S/C25H20ClFN2O2/c1-14-4-6-17(12-16(14)3)22-23(28-21-13-18(26)7-5-15(21)2)25(31)29(24(22)30)20-10-8-19(27)9-11-20/h4-13,28H,1-3H3. The molecule has 31 heavy (non-hydrogen) atoms. The summed E-state index contributed by atoms with van der Waals surface area (Å²) in [6.45, 7) is 5.81. The molecule has 6 heteroatoms. The minimum Gasteiger partial charge on any atom is -0.350 e. The number of hydrogen-bond donors (Lipinski definition) is 1. The van der Waals surface area contributed by atoms with Gasteiger partial charge in [0.15, 0.2) is 0 Å². The fraction of sp³-hybridized carbons (Fsp3) is 0.120. The van der Waals surface area contributed by atoms with E-state index in [-0.39, 0.29) is 11.3 Å². The van der Waals surface area contributed by atoms with Gasteiger partial charge in [0.2, 0.25) is 0 Å². The molecule has 4 rings (SSSR count). The Labute approximate surface area is 185 Å². The first kappa shape index (κ1) is 20.8. The van der Waals surface area contributed by atoms with E-state index in [1.165, 1.54) is 24.3 Å². The van der Waals surface area contributed by atoms with Crippen LogP contribution in [0.15, 0.2) is 66.4 Å². The van der Waals surface area contributed by atoms with Gasteiger partial charge in [-0.3, -0.25) is 9.59 Å². The van der Waals surface area contributed by atoms with Crippen molar-refractivity contribution in [1.29, 1.82) is 0 Å². The van der Waals surface area contributed by atoms with Gasteiger partial charge in [0.1, 0.15) is 11.5 Å². The van der Waals surface area contributed by atoms with Crippen molar-refractivity contribution in [1.82, 2.24) is 0 Å². The van der Waals surface area contributed by atoms with E-state index in [1.54, 1.807) is 12.1 Å². The van der Waals surface area contributed by atoms with Gasteiger partial charge in [-0.2, -0.15) is 0 Å². The fourth-order valence-electron chi connectivity index (χ4n) is 3.50. The van der Waals surface area contributed by atoms with Crippen LogP contribution in [0.2, 0.25) is 5.02 Å². The maximum atomic E-state index is 13.4. The molecule has 3 aromatic rings. The van der Waals surface area contributed by atoms with Crippen LogP contribution >= 0.6 is 11.6 Å². The highest BCUT2D eigenvalue weighted by atomic mass is 35.5. The van der Waals surface area contributed by atoms with Crippen molar-refractivity contribution < 1.29 is 14.0 Å². The van der Waals surface area contributed by atoms with E-state index in [4.69, 9.17) is 11.6 Å². The monoisotopic (exact) mass is 434 g/mol. The predicted octanol–water partition coefficient (Wildman–Crippen LogP) is 5.80. The second-order valence-corrected chi connectivity index (χ2v) is 7.99. The lowest BCUT2D eigenvalue weighted by atomic mass is 9.99. The molecular weight excluding hydrogens is 415 g/mol. The van der Waals surface area contributed by atoms with Gasteiger partial charge in [-0.25, -0.2) is 9.29 Å². The number of carbonyl (C=O) groups excluding carboxylic acids is 2. The van der Waals surface area contributed by atoms with Crippen molar-refractivity contribution in [2.45, 2.75) is 20.8 Å². The van der Waals surface area contributed by atoms with Crippen molar-refractivity contribution >= 4 is 40.4 Å². The lowest BCUT2D eigenvalue weighted by Gasteiger charge is -2.16. The number of anilines is 2. The third kappa shape index (κ3) is 3.84. The molecule has 0 spiro atoms. The Hall–Kier alpha value is -3.44. The molecule has 0 radical (unpaired) electrons. The van der Waals surface area contributed by atoms with Crippen LogP contribution in [0, 0.1) is 26.6 Å². The van der Waals surface area contributed by atoms with Crippen molar-refractivity contribution in [2.24, 2.45) is 0 Å². The first-order valence-corrected chi connectivity index (χ1v) is 10.1. The van der Waals surface area contributed by atoms with E-state index in [9.17, 15) is 14.0 Å². The fourth-order valence-corrected chi connectivity index (χ4v) is 3.67. The molecule has 1 heterocycles. The second-order valence-electron chi connectivity index (χ2n) is 7.56. The van der Waals surface area contributed by atoms with Crippen LogP contribution in [0.3, 0.4) is 0 Å². The maximum absolute atomic E-state index is 13.4. The van der Waals surface area contributed by atoms with Gasteiger partial charge in [0, 0.05) is 10.7 Å². The summed E-state index contributed by atoms with van der Waals surface area (Å²) in [6, 6.07) is 16.2. The third-order valence-corrected chi connectivity index (χ3v) is 5.66. The topological polar surface area (TPSA) is 49.4 Å². The van der Waals surface area contributed by atoms with E-state index in [1.807, 2.05) is 45.0 Å². The highest BCUT2D eigenvalue weighted by Gasteiger charge is 2.40. The molecule has 3 aromatic carbocycles. The summed E-state index contributed by atoms with van der Waals surface area (Å²) >= 11 is 6.14. The minimum absolute atomic E-state index is 0.156. The van der Waals surface area contributed by atoms with Crippen molar-refractivity contribution in [3.8, 4) is 0 Å². The van der Waals surface area contributed by atoms with Crippen molar-refractivity contribution in [3.05, 3.63) is 99.5 Å². The molecule has 0 bridgehead atoms. The number of nitrogens with one attached hydrogen (secondary N) is 1. The molecule has 0 saturated heterocycles. The van der Waals surface area contributed by atoms with Crippen LogP contribution in [0.1, 0.15) is 22.3 Å². The smallest absolute Gasteiger partial charge is 0.282 e. The van der Waals surface area contributed by atoms with E-state index in [2.05, 4.69) is 5.32 Å². The number of amides is 2. The van der Waals surface area contributed by atoms with Crippen LogP contribution in [-0.4, -0.2) is 11.8 Å². The molecule has 2 amide bonds. The number of nitrogens with zero attached hydrogens (tertiary/aromatic N) is 1. The predicted molar refractivity (Wildman–Crippen MR) is 122 cm³/mol. The Balaban J connectivity index is 1.87. The molecular formula is C25H20ClFN2O2. The zero-order valence-corrected chi connectivity index (χ0v) is 18.0. The average molecular weight is 435 g/mol. The number of rotatable bonds is 4. The lowest BCUT2D eigenvalue weighted by molar-refractivity contribution is -0.120. The van der Waals surface area contributed by atoms with Crippen LogP contribution in [0.5, 0.6) is 0 Å². The average Bonchev–Trinajstić information content (AvgIpc) is 2.97. The summed E-state index contributed by atoms with van der Waals surface area (Å²) in [5.41, 5.74) is 4.94. The molecule has 0 fully saturated rings. The van der Waals surface area contributed by atoms with Gasteiger partial charge in [-0.15, -0.1) is 0 Å². The molecule has 1 aliphatic heterocycles. The Morgan fingerprint density at radius 2 is 1.48 bits per heavy atom. The van der Waals surface area contributed by atoms with Gasteiger partial charge >= 0.3 is 0 Å². The lowest BCUT2D eigenvalue weighted by Crippen LogP contribution is -2.32. The van der Waals surface area contributed by atoms with Gasteiger partial charge in [-0.05, 0) is 79.4 Å². The van der Waals surface area contributed by atoms with Gasteiger partial charge < -0.3 is 5.32 Å². The molecule has 156 valence electrons. The van der Waals surface area contributed by atoms with Crippen LogP contribution in [0.25, 0.3) is 5.57 Å². The number of halogens is 2. The summed E-state index contributed by atoms with van der Waals surface area (Å²) in [5.74, 6) is -1.43. The Bertz CT molecular complexity index is 1250. The maximum Gasteiger partial charge on any atom is 0.282 e. The van der Waals surface area contributed by atoms with Crippen LogP contribution in [-0.2, 0) is 9.59 Å². The second kappa shape index (κ2) is 8.00. The zero-order valence-electron chi connectivity index (χ0n) is 17.3. The zero-order chi connectivity index (χ0) is 22.3. The number of hydrogen-bond acceptors (Lipinski definition) is 3. The number of benzene rings is 3. The summed E-state index contributed by atoms with van der Waals surface area (Å²) in [5, 5.41) is 3.64. The molecule has 0 aliphatic carbocycles. The summed E-state index contributed by atoms with van der Waals surface area (Å²) in [6.07, 6.45) is 0. The number of carbonyl (C=O) groups is 2. The van der Waals surface area contributed by atoms with E-state index < -0.39 is 17.6 Å². The normalized spacial score (nSPS) is 13.9. The first-order valence-electron chi connectivity index (χ1n) is 9.75. The third-order valence-electron chi connectivity index (χ3n) is 5.42. The summed E-state index contributed by atoms with van der Waals surface area (Å²) in [4.78, 5) is 27.9. The highest BCUT2D eigenvalue weighted by Crippen LogP contribution is 2.35. The Kier molecular flexibility index (Phi) is 5.38. The molecule has 0 atom stereocenters. The molecule has 1 aliphatic rings. The van der Waals surface area contributed by atoms with E-state index >= 15 is 0 Å². The molecule has 1 N–H and O–H groups in total. The summed E-state index contributed by atoms with van der Waals surface area (Å²) in [7, 11) is 0. The summed E-state index contributed by atoms with van der Waals surface area (Å²) < 4.78 is 13.4. The number of aryl methyl sites for hydroxylation is 3. The van der Waals surface area contributed by atoms with E-state index in [0.29, 0.717) is 22.0 Å². The largest absolute Gasteiger partial charge is 0.350 e. The molecule has 4 nitrogen and oxygen atoms in total. The van der Waals surface area contributed by atoms with Gasteiger partial charge in [0.05, 0.1) is 11.3 Å². The van der Waals surface area contributed by atoms with Crippen LogP contribution in [0.4, 0.5) is 15.8 Å². The first-order chi connectivity index (χ1) is 14.8. The molecule has 0 unspecified atom stereocenters. The van der Waals surface area contributed by atoms with Gasteiger partial charge in [-0.1, -0.05) is 35.9 Å². The van der Waals surface area contributed by atoms with Crippen molar-refractivity contribution in [2.75, 3.05) is 10.2 Å². The number of imide groups is 1. The molecule has 0 saturated carbocycles. The highest BCUT2D eigenvalue weighted by molar-refractivity contribution is 6.46. The Morgan fingerprint density at radius 1 is 0.806 bits per heavy atom. The van der Waals surface area contributed by atoms with E-state index in [0.717, 1.165) is 21.6 Å². The van der Waals surface area contributed by atoms with Crippen LogP contribution < -0.4 is 10.2 Å². The molecule has 0 aromatic heterocycles. The Morgan fingerprint density at radius 3 is 2.16 bits per heavy atom. The van der Waals surface area contributed by atoms with Crippen molar-refractivity contribution in [3.63, 3.8) is 0 Å². The minimum atomic E-state index is -0.510.